The molecule has 0 aliphatic heterocycles. The van der Waals surface area contributed by atoms with Crippen molar-refractivity contribution in [1.82, 2.24) is 20.2 Å². The number of nitrogens with one attached hydrogen (secondary N) is 2. The summed E-state index contributed by atoms with van der Waals surface area (Å²) in [7, 11) is 1.67. The molecule has 0 unspecified atom stereocenters. The highest BCUT2D eigenvalue weighted by Gasteiger charge is 2.08. The SMILES string of the molecule is COc1ccc(CNc2nnc(SCc3nc4ccccc4[nH]3)s2)cc1. The van der Waals surface area contributed by atoms with Gasteiger partial charge in [-0.15, -0.1) is 10.2 Å². The second kappa shape index (κ2) is 7.76. The van der Waals surface area contributed by atoms with Crippen molar-refractivity contribution in [3.63, 3.8) is 0 Å². The van der Waals surface area contributed by atoms with Gasteiger partial charge in [0, 0.05) is 6.54 Å². The molecule has 0 radical (unpaired) electrons. The molecule has 6 nitrogen and oxygen atoms in total. The van der Waals surface area contributed by atoms with Crippen LogP contribution in [-0.2, 0) is 12.3 Å². The van der Waals surface area contributed by atoms with Crippen LogP contribution in [0.5, 0.6) is 5.75 Å². The third kappa shape index (κ3) is 3.97. The Bertz CT molecular complexity index is 963. The zero-order valence-electron chi connectivity index (χ0n) is 14.1. The van der Waals surface area contributed by atoms with Crippen LogP contribution in [0.3, 0.4) is 0 Å². The molecular weight excluding hydrogens is 366 g/mol. The van der Waals surface area contributed by atoms with Gasteiger partial charge in [-0.25, -0.2) is 4.98 Å². The van der Waals surface area contributed by atoms with Gasteiger partial charge in [-0.2, -0.15) is 0 Å². The summed E-state index contributed by atoms with van der Waals surface area (Å²) in [5.74, 6) is 2.54. The number of H-pyrrole nitrogens is 1. The highest BCUT2D eigenvalue weighted by atomic mass is 32.2. The van der Waals surface area contributed by atoms with Gasteiger partial charge in [0.05, 0.1) is 23.9 Å². The number of para-hydroxylation sites is 2. The maximum atomic E-state index is 5.17. The van der Waals surface area contributed by atoms with Gasteiger partial charge in [0.25, 0.3) is 0 Å². The number of ether oxygens (including phenoxy) is 1. The maximum absolute atomic E-state index is 5.17. The van der Waals surface area contributed by atoms with Crippen LogP contribution in [0.25, 0.3) is 11.0 Å². The molecule has 0 saturated heterocycles. The summed E-state index contributed by atoms with van der Waals surface area (Å²) in [5, 5.41) is 12.6. The average molecular weight is 384 g/mol. The minimum Gasteiger partial charge on any atom is -0.497 e. The molecule has 0 aliphatic rings. The van der Waals surface area contributed by atoms with Crippen LogP contribution in [0, 0.1) is 0 Å². The number of nitrogens with zero attached hydrogens (tertiary/aromatic N) is 3. The molecule has 0 aliphatic carbocycles. The summed E-state index contributed by atoms with van der Waals surface area (Å²) in [6.45, 7) is 0.701. The molecule has 2 aromatic carbocycles. The Kier molecular flexibility index (Phi) is 5.03. The van der Waals surface area contributed by atoms with E-state index in [2.05, 4.69) is 25.5 Å². The monoisotopic (exact) mass is 383 g/mol. The number of rotatable bonds is 7. The van der Waals surface area contributed by atoms with E-state index in [4.69, 9.17) is 4.74 Å². The predicted octanol–water partition coefficient (Wildman–Crippen LogP) is 4.33. The summed E-state index contributed by atoms with van der Waals surface area (Å²) in [6, 6.07) is 16.0. The fourth-order valence-electron chi connectivity index (χ4n) is 2.46. The van der Waals surface area contributed by atoms with Gasteiger partial charge in [-0.1, -0.05) is 47.4 Å². The van der Waals surface area contributed by atoms with E-state index < -0.39 is 0 Å². The lowest BCUT2D eigenvalue weighted by Crippen LogP contribution is -1.98. The normalized spacial score (nSPS) is 11.0. The molecule has 0 spiro atoms. The fraction of sp³-hybridized carbons (Fsp3) is 0.167. The van der Waals surface area contributed by atoms with E-state index in [-0.39, 0.29) is 0 Å². The van der Waals surface area contributed by atoms with Crippen LogP contribution in [0.1, 0.15) is 11.4 Å². The molecule has 8 heteroatoms. The second-order valence-electron chi connectivity index (χ2n) is 5.56. The van der Waals surface area contributed by atoms with Crippen molar-refractivity contribution in [2.45, 2.75) is 16.6 Å². The first kappa shape index (κ1) is 16.9. The summed E-state index contributed by atoms with van der Waals surface area (Å²) < 4.78 is 6.09. The van der Waals surface area contributed by atoms with E-state index in [1.807, 2.05) is 48.5 Å². The van der Waals surface area contributed by atoms with Crippen LogP contribution in [0.15, 0.2) is 52.9 Å². The number of imidazole rings is 1. The Hall–Kier alpha value is -2.58. The summed E-state index contributed by atoms with van der Waals surface area (Å²) >= 11 is 3.18. The van der Waals surface area contributed by atoms with Crippen molar-refractivity contribution < 1.29 is 4.74 Å². The predicted molar refractivity (Wildman–Crippen MR) is 106 cm³/mol. The maximum Gasteiger partial charge on any atom is 0.206 e. The van der Waals surface area contributed by atoms with E-state index in [1.54, 1.807) is 30.2 Å². The van der Waals surface area contributed by atoms with Gasteiger partial charge in [-0.05, 0) is 29.8 Å². The molecule has 26 heavy (non-hydrogen) atoms. The minimum absolute atomic E-state index is 0.701. The first-order valence-corrected chi connectivity index (χ1v) is 9.87. The summed E-state index contributed by atoms with van der Waals surface area (Å²) in [5.41, 5.74) is 3.21. The molecule has 0 atom stereocenters. The number of fused-ring (bicyclic) bond motifs is 1. The number of hydrogen-bond donors (Lipinski definition) is 2. The van der Waals surface area contributed by atoms with Gasteiger partial charge in [0.1, 0.15) is 11.6 Å². The zero-order chi connectivity index (χ0) is 17.8. The lowest BCUT2D eigenvalue weighted by molar-refractivity contribution is 0.414. The van der Waals surface area contributed by atoms with E-state index in [0.29, 0.717) is 6.54 Å². The van der Waals surface area contributed by atoms with Crippen molar-refractivity contribution in [1.29, 1.82) is 0 Å². The first-order valence-electron chi connectivity index (χ1n) is 8.07. The van der Waals surface area contributed by atoms with E-state index in [9.17, 15) is 0 Å². The number of hydrogen-bond acceptors (Lipinski definition) is 7. The summed E-state index contributed by atoms with van der Waals surface area (Å²) in [4.78, 5) is 7.91. The third-order valence-electron chi connectivity index (χ3n) is 3.78. The van der Waals surface area contributed by atoms with Crippen molar-refractivity contribution in [2.75, 3.05) is 12.4 Å². The van der Waals surface area contributed by atoms with Crippen molar-refractivity contribution in [3.8, 4) is 5.75 Å². The molecule has 0 bridgehead atoms. The van der Waals surface area contributed by atoms with Crippen LogP contribution >= 0.6 is 23.1 Å². The number of aromatic amines is 1. The van der Waals surface area contributed by atoms with E-state index in [1.165, 1.54) is 0 Å². The Morgan fingerprint density at radius 2 is 1.96 bits per heavy atom. The minimum atomic E-state index is 0.701. The first-order chi connectivity index (χ1) is 12.8. The number of aromatic nitrogens is 4. The zero-order valence-corrected chi connectivity index (χ0v) is 15.7. The number of benzene rings is 2. The van der Waals surface area contributed by atoms with Crippen molar-refractivity contribution in [2.24, 2.45) is 0 Å². The molecule has 4 rings (SSSR count). The molecular formula is C18H17N5OS2. The summed E-state index contributed by atoms with van der Waals surface area (Å²) in [6.07, 6.45) is 0. The largest absolute Gasteiger partial charge is 0.497 e. The van der Waals surface area contributed by atoms with Gasteiger partial charge in [-0.3, -0.25) is 0 Å². The number of methoxy groups -OCH3 is 1. The van der Waals surface area contributed by atoms with Gasteiger partial charge >= 0.3 is 0 Å². The smallest absolute Gasteiger partial charge is 0.206 e. The van der Waals surface area contributed by atoms with Gasteiger partial charge in [0.2, 0.25) is 5.13 Å². The van der Waals surface area contributed by atoms with Gasteiger partial charge in [0.15, 0.2) is 4.34 Å². The Balaban J connectivity index is 1.32. The molecule has 0 saturated carbocycles. The highest BCUT2D eigenvalue weighted by molar-refractivity contribution is 8.00. The van der Waals surface area contributed by atoms with E-state index >= 15 is 0 Å². The molecule has 2 N–H and O–H groups in total. The van der Waals surface area contributed by atoms with Crippen LogP contribution < -0.4 is 10.1 Å². The lowest BCUT2D eigenvalue weighted by Gasteiger charge is -2.03. The van der Waals surface area contributed by atoms with Crippen molar-refractivity contribution >= 4 is 39.3 Å². The number of anilines is 1. The molecule has 2 aromatic heterocycles. The Morgan fingerprint density at radius 3 is 2.77 bits per heavy atom. The second-order valence-corrected chi connectivity index (χ2v) is 7.76. The third-order valence-corrected chi connectivity index (χ3v) is 5.81. The molecule has 0 amide bonds. The van der Waals surface area contributed by atoms with Crippen molar-refractivity contribution in [3.05, 3.63) is 59.9 Å². The molecule has 132 valence electrons. The molecule has 2 heterocycles. The Morgan fingerprint density at radius 1 is 1.12 bits per heavy atom. The quantitative estimate of drug-likeness (QED) is 0.463. The molecule has 0 fully saturated rings. The molecule has 4 aromatic rings. The lowest BCUT2D eigenvalue weighted by atomic mass is 10.2. The van der Waals surface area contributed by atoms with Crippen LogP contribution in [-0.4, -0.2) is 27.3 Å². The van der Waals surface area contributed by atoms with Gasteiger partial charge < -0.3 is 15.0 Å². The Labute approximate surface area is 159 Å². The van der Waals surface area contributed by atoms with E-state index in [0.717, 1.165) is 43.4 Å². The topological polar surface area (TPSA) is 75.7 Å². The van der Waals surface area contributed by atoms with Crippen LogP contribution in [0.2, 0.25) is 0 Å². The van der Waals surface area contributed by atoms with Crippen LogP contribution in [0.4, 0.5) is 5.13 Å². The average Bonchev–Trinajstić information content (AvgIpc) is 3.31. The highest BCUT2D eigenvalue weighted by Crippen LogP contribution is 2.28. The standard InChI is InChI=1S/C18H17N5OS2/c1-24-13-8-6-12(7-9-13)10-19-17-22-23-18(26-17)25-11-16-20-14-4-2-3-5-15(14)21-16/h2-9H,10-11H2,1H3,(H,19,22)(H,20,21). The number of thioether (sulfide) groups is 1. The fourth-order valence-corrected chi connectivity index (χ4v) is 4.08.